The van der Waals surface area contributed by atoms with Crippen LogP contribution in [0.2, 0.25) is 0 Å². The molecule has 1 saturated heterocycles. The molecule has 1 amide bonds. The van der Waals surface area contributed by atoms with Gasteiger partial charge >= 0.3 is 0 Å². The van der Waals surface area contributed by atoms with E-state index in [1.54, 1.807) is 7.11 Å². The third-order valence-corrected chi connectivity index (χ3v) is 4.32. The number of piperidine rings is 1. The molecule has 0 aromatic heterocycles. The predicted molar refractivity (Wildman–Crippen MR) is 95.6 cm³/mol. The molecule has 0 aliphatic carbocycles. The van der Waals surface area contributed by atoms with Gasteiger partial charge in [0.05, 0.1) is 6.61 Å². The van der Waals surface area contributed by atoms with Crippen LogP contribution in [0.15, 0.2) is 24.3 Å². The third-order valence-electron chi connectivity index (χ3n) is 4.32. The highest BCUT2D eigenvalue weighted by Crippen LogP contribution is 2.19. The zero-order chi connectivity index (χ0) is 17.2. The van der Waals surface area contributed by atoms with Gasteiger partial charge in [-0.2, -0.15) is 0 Å². The quantitative estimate of drug-likeness (QED) is 0.706. The number of hydrogen-bond acceptors (Lipinski definition) is 4. The Kier molecular flexibility index (Phi) is 8.05. The summed E-state index contributed by atoms with van der Waals surface area (Å²) >= 11 is 0. The van der Waals surface area contributed by atoms with Crippen molar-refractivity contribution in [3.8, 4) is 5.75 Å². The van der Waals surface area contributed by atoms with Gasteiger partial charge in [-0.05, 0) is 50.6 Å². The molecule has 1 aromatic rings. The van der Waals surface area contributed by atoms with Crippen molar-refractivity contribution >= 4 is 5.91 Å². The van der Waals surface area contributed by atoms with Crippen LogP contribution >= 0.6 is 0 Å². The Morgan fingerprint density at radius 3 is 2.79 bits per heavy atom. The molecule has 0 atom stereocenters. The topological polar surface area (TPSA) is 50.8 Å². The highest BCUT2D eigenvalue weighted by Gasteiger charge is 2.25. The molecule has 0 unspecified atom stereocenters. The summed E-state index contributed by atoms with van der Waals surface area (Å²) in [5, 5.41) is 3.36. The van der Waals surface area contributed by atoms with E-state index in [-0.39, 0.29) is 5.91 Å². The van der Waals surface area contributed by atoms with Crippen molar-refractivity contribution in [2.24, 2.45) is 0 Å². The van der Waals surface area contributed by atoms with Gasteiger partial charge in [0, 0.05) is 38.3 Å². The molecule has 1 aliphatic rings. The fourth-order valence-corrected chi connectivity index (χ4v) is 3.09. The van der Waals surface area contributed by atoms with E-state index in [1.807, 2.05) is 29.2 Å². The molecule has 0 bridgehead atoms. The lowest BCUT2D eigenvalue weighted by Crippen LogP contribution is -2.46. The lowest BCUT2D eigenvalue weighted by atomic mass is 10.0. The first-order chi connectivity index (χ1) is 11.8. The summed E-state index contributed by atoms with van der Waals surface area (Å²) in [6.45, 7) is 6.18. The molecular formula is C19H30N2O3. The monoisotopic (exact) mass is 334 g/mol. The van der Waals surface area contributed by atoms with Gasteiger partial charge in [0.1, 0.15) is 5.75 Å². The summed E-state index contributed by atoms with van der Waals surface area (Å²) < 4.78 is 10.7. The second kappa shape index (κ2) is 10.3. The molecule has 0 saturated carbocycles. The van der Waals surface area contributed by atoms with Gasteiger partial charge in [-0.1, -0.05) is 13.0 Å². The highest BCUT2D eigenvalue weighted by molar-refractivity contribution is 5.94. The van der Waals surface area contributed by atoms with Crippen LogP contribution in [0.25, 0.3) is 0 Å². The standard InChI is InChI=1S/C19H30N2O3/c1-3-12-21(17-8-10-20-11-9-17)19(22)16-6-4-7-18(15-16)24-14-5-13-23-2/h4,6-7,15,17,20H,3,5,8-14H2,1-2H3. The number of amides is 1. The van der Waals surface area contributed by atoms with Crippen molar-refractivity contribution in [3.05, 3.63) is 29.8 Å². The van der Waals surface area contributed by atoms with Crippen LogP contribution in [-0.4, -0.2) is 56.8 Å². The van der Waals surface area contributed by atoms with Crippen molar-refractivity contribution in [2.75, 3.05) is 40.0 Å². The van der Waals surface area contributed by atoms with Crippen LogP contribution < -0.4 is 10.1 Å². The number of methoxy groups -OCH3 is 1. The smallest absolute Gasteiger partial charge is 0.254 e. The van der Waals surface area contributed by atoms with Crippen LogP contribution in [-0.2, 0) is 4.74 Å². The number of benzene rings is 1. The van der Waals surface area contributed by atoms with Crippen LogP contribution in [0.3, 0.4) is 0 Å². The molecule has 1 aliphatic heterocycles. The van der Waals surface area contributed by atoms with Gasteiger partial charge in [0.2, 0.25) is 0 Å². The summed E-state index contributed by atoms with van der Waals surface area (Å²) in [6.07, 6.45) is 3.87. The first-order valence-electron chi connectivity index (χ1n) is 8.99. The molecule has 1 fully saturated rings. The van der Waals surface area contributed by atoms with E-state index in [0.29, 0.717) is 24.8 Å². The van der Waals surface area contributed by atoms with E-state index in [9.17, 15) is 4.79 Å². The second-order valence-corrected chi connectivity index (χ2v) is 6.20. The van der Waals surface area contributed by atoms with Crippen LogP contribution in [0, 0.1) is 0 Å². The number of ether oxygens (including phenoxy) is 2. The summed E-state index contributed by atoms with van der Waals surface area (Å²) in [5.74, 6) is 0.866. The van der Waals surface area contributed by atoms with Gasteiger partial charge in [-0.25, -0.2) is 0 Å². The van der Waals surface area contributed by atoms with E-state index in [0.717, 1.165) is 51.1 Å². The largest absolute Gasteiger partial charge is 0.493 e. The molecule has 0 spiro atoms. The fourth-order valence-electron chi connectivity index (χ4n) is 3.09. The number of carbonyl (C=O) groups excluding carboxylic acids is 1. The summed E-state index contributed by atoms with van der Waals surface area (Å²) in [6, 6.07) is 7.88. The third kappa shape index (κ3) is 5.49. The molecule has 5 heteroatoms. The molecular weight excluding hydrogens is 304 g/mol. The molecule has 134 valence electrons. The van der Waals surface area contributed by atoms with E-state index in [2.05, 4.69) is 12.2 Å². The number of rotatable bonds is 9. The number of nitrogens with one attached hydrogen (secondary N) is 1. The molecule has 2 rings (SSSR count). The van der Waals surface area contributed by atoms with E-state index in [4.69, 9.17) is 9.47 Å². The number of nitrogens with zero attached hydrogens (tertiary/aromatic N) is 1. The summed E-state index contributed by atoms with van der Waals surface area (Å²) in [5.41, 5.74) is 0.714. The molecule has 1 heterocycles. The minimum atomic E-state index is 0.117. The van der Waals surface area contributed by atoms with E-state index >= 15 is 0 Å². The maximum absolute atomic E-state index is 13.0. The Labute approximate surface area is 145 Å². The zero-order valence-corrected chi connectivity index (χ0v) is 14.9. The Morgan fingerprint density at radius 2 is 2.08 bits per heavy atom. The van der Waals surface area contributed by atoms with Crippen LogP contribution in [0.5, 0.6) is 5.75 Å². The Morgan fingerprint density at radius 1 is 1.29 bits per heavy atom. The molecule has 1 N–H and O–H groups in total. The predicted octanol–water partition coefficient (Wildman–Crippen LogP) is 2.71. The Hall–Kier alpha value is -1.59. The average molecular weight is 334 g/mol. The average Bonchev–Trinajstić information content (AvgIpc) is 2.64. The van der Waals surface area contributed by atoms with Crippen molar-refractivity contribution in [3.63, 3.8) is 0 Å². The first kappa shape index (κ1) is 18.7. The van der Waals surface area contributed by atoms with Gasteiger partial charge in [-0.3, -0.25) is 4.79 Å². The molecule has 1 aromatic carbocycles. The fraction of sp³-hybridized carbons (Fsp3) is 0.632. The number of carbonyl (C=O) groups is 1. The van der Waals surface area contributed by atoms with E-state index in [1.165, 1.54) is 0 Å². The van der Waals surface area contributed by atoms with Gasteiger partial charge in [0.15, 0.2) is 0 Å². The van der Waals surface area contributed by atoms with Crippen LogP contribution in [0.1, 0.15) is 43.0 Å². The Balaban J connectivity index is 2.02. The normalized spacial score (nSPS) is 15.2. The Bertz CT molecular complexity index is 501. The van der Waals surface area contributed by atoms with Crippen molar-refractivity contribution in [1.82, 2.24) is 10.2 Å². The van der Waals surface area contributed by atoms with E-state index < -0.39 is 0 Å². The maximum Gasteiger partial charge on any atom is 0.254 e. The van der Waals surface area contributed by atoms with Gasteiger partial charge in [-0.15, -0.1) is 0 Å². The SMILES string of the molecule is CCCN(C(=O)c1cccc(OCCCOC)c1)C1CCNCC1. The highest BCUT2D eigenvalue weighted by atomic mass is 16.5. The number of hydrogen-bond donors (Lipinski definition) is 1. The summed E-state index contributed by atoms with van der Waals surface area (Å²) in [7, 11) is 1.68. The first-order valence-corrected chi connectivity index (χ1v) is 8.99. The molecule has 0 radical (unpaired) electrons. The lowest BCUT2D eigenvalue weighted by molar-refractivity contribution is 0.0642. The second-order valence-electron chi connectivity index (χ2n) is 6.20. The molecule has 24 heavy (non-hydrogen) atoms. The van der Waals surface area contributed by atoms with Crippen molar-refractivity contribution < 1.29 is 14.3 Å². The molecule has 5 nitrogen and oxygen atoms in total. The van der Waals surface area contributed by atoms with Gasteiger partial charge < -0.3 is 19.7 Å². The zero-order valence-electron chi connectivity index (χ0n) is 14.9. The van der Waals surface area contributed by atoms with Crippen molar-refractivity contribution in [2.45, 2.75) is 38.6 Å². The summed E-state index contributed by atoms with van der Waals surface area (Å²) in [4.78, 5) is 15.0. The minimum Gasteiger partial charge on any atom is -0.493 e. The maximum atomic E-state index is 13.0. The minimum absolute atomic E-state index is 0.117. The van der Waals surface area contributed by atoms with Crippen LogP contribution in [0.4, 0.5) is 0 Å². The van der Waals surface area contributed by atoms with Crippen molar-refractivity contribution in [1.29, 1.82) is 0 Å². The van der Waals surface area contributed by atoms with Gasteiger partial charge in [0.25, 0.3) is 5.91 Å². The lowest BCUT2D eigenvalue weighted by Gasteiger charge is -2.34.